The van der Waals surface area contributed by atoms with Crippen LogP contribution in [0.1, 0.15) is 5.56 Å². The van der Waals surface area contributed by atoms with Gasteiger partial charge in [0, 0.05) is 0 Å². The summed E-state index contributed by atoms with van der Waals surface area (Å²) in [6.07, 6.45) is 0.158. The number of azo groups is 2. The Balaban J connectivity index is 0.00000306. The summed E-state index contributed by atoms with van der Waals surface area (Å²) in [7, 11) is 0. The molecule has 164 valence electrons. The van der Waals surface area contributed by atoms with Crippen LogP contribution in [0, 0.1) is 0 Å². The summed E-state index contributed by atoms with van der Waals surface area (Å²) in [5.74, 6) is 0.115. The molecule has 33 heavy (non-hydrogen) atoms. The first-order valence-corrected chi connectivity index (χ1v) is 10.1. The number of carbonyl (C=O) groups excluding carboxylic acids is 1. The molecule has 0 atom stereocenters. The van der Waals surface area contributed by atoms with Crippen molar-refractivity contribution in [3.63, 3.8) is 0 Å². The van der Waals surface area contributed by atoms with Crippen LogP contribution in [0.3, 0.4) is 0 Å². The molecular formula is C26H21ClN4O2. The van der Waals surface area contributed by atoms with Gasteiger partial charge in [-0.3, -0.25) is 4.79 Å². The second-order valence-corrected chi connectivity index (χ2v) is 6.88. The zero-order valence-electron chi connectivity index (χ0n) is 17.6. The standard InChI is InChI=1S/C26H20N4O2.ClH/c31-26(19-20-11-13-23(14-12-20)29-27-21-7-3-1-4-8-21)32-25-17-15-24(16-18-25)30-28-22-9-5-2-6-10-22;/h1-18H,19H2;1H. The molecule has 6 nitrogen and oxygen atoms in total. The van der Waals surface area contributed by atoms with Crippen molar-refractivity contribution in [1.29, 1.82) is 0 Å². The minimum Gasteiger partial charge on any atom is -0.426 e. The molecule has 0 unspecified atom stereocenters. The van der Waals surface area contributed by atoms with Crippen LogP contribution in [0.5, 0.6) is 5.75 Å². The van der Waals surface area contributed by atoms with Crippen molar-refractivity contribution in [1.82, 2.24) is 0 Å². The lowest BCUT2D eigenvalue weighted by Crippen LogP contribution is -2.10. The first-order valence-electron chi connectivity index (χ1n) is 10.1. The molecule has 0 saturated carbocycles. The minimum absolute atomic E-state index is 0. The Morgan fingerprint density at radius 2 is 0.939 bits per heavy atom. The third kappa shape index (κ3) is 7.48. The molecule has 0 amide bonds. The molecule has 0 aliphatic heterocycles. The molecule has 0 bridgehead atoms. The molecule has 0 fully saturated rings. The molecule has 0 heterocycles. The number of nitrogens with zero attached hydrogens (tertiary/aromatic N) is 4. The Morgan fingerprint density at radius 1 is 0.545 bits per heavy atom. The first-order chi connectivity index (χ1) is 15.7. The van der Waals surface area contributed by atoms with Crippen LogP contribution in [0.4, 0.5) is 22.7 Å². The van der Waals surface area contributed by atoms with E-state index in [2.05, 4.69) is 20.5 Å². The molecule has 4 rings (SSSR count). The summed E-state index contributed by atoms with van der Waals surface area (Å²) in [5.41, 5.74) is 3.78. The summed E-state index contributed by atoms with van der Waals surface area (Å²) in [6.45, 7) is 0. The van der Waals surface area contributed by atoms with Crippen molar-refractivity contribution >= 4 is 41.1 Å². The quantitative estimate of drug-likeness (QED) is 0.160. The highest BCUT2D eigenvalue weighted by Gasteiger charge is 2.07. The van der Waals surface area contributed by atoms with E-state index in [1.165, 1.54) is 0 Å². The van der Waals surface area contributed by atoms with E-state index in [0.29, 0.717) is 17.1 Å². The van der Waals surface area contributed by atoms with Gasteiger partial charge in [-0.05, 0) is 66.2 Å². The maximum Gasteiger partial charge on any atom is 0.315 e. The monoisotopic (exact) mass is 456 g/mol. The highest BCUT2D eigenvalue weighted by molar-refractivity contribution is 5.85. The fraction of sp³-hybridized carbons (Fsp3) is 0.0385. The van der Waals surface area contributed by atoms with Gasteiger partial charge in [-0.15, -0.1) is 12.4 Å². The van der Waals surface area contributed by atoms with E-state index in [0.717, 1.165) is 16.9 Å². The molecule has 0 radical (unpaired) electrons. The molecule has 4 aromatic carbocycles. The fourth-order valence-corrected chi connectivity index (χ4v) is 2.82. The van der Waals surface area contributed by atoms with E-state index in [9.17, 15) is 4.79 Å². The topological polar surface area (TPSA) is 75.7 Å². The molecule has 0 aromatic heterocycles. The number of ether oxygens (including phenoxy) is 1. The first kappa shape index (κ1) is 23.5. The third-order valence-corrected chi connectivity index (χ3v) is 4.43. The van der Waals surface area contributed by atoms with E-state index >= 15 is 0 Å². The van der Waals surface area contributed by atoms with Crippen LogP contribution in [0.15, 0.2) is 130 Å². The summed E-state index contributed by atoms with van der Waals surface area (Å²) >= 11 is 0. The average Bonchev–Trinajstić information content (AvgIpc) is 2.84. The van der Waals surface area contributed by atoms with Gasteiger partial charge >= 0.3 is 5.97 Å². The van der Waals surface area contributed by atoms with Crippen molar-refractivity contribution in [2.75, 3.05) is 0 Å². The smallest absolute Gasteiger partial charge is 0.315 e. The predicted octanol–water partition coefficient (Wildman–Crippen LogP) is 8.09. The molecule has 0 spiro atoms. The molecule has 0 aliphatic carbocycles. The number of halogens is 1. The Morgan fingerprint density at radius 3 is 1.39 bits per heavy atom. The van der Waals surface area contributed by atoms with Crippen molar-refractivity contribution in [2.45, 2.75) is 6.42 Å². The van der Waals surface area contributed by atoms with Gasteiger partial charge < -0.3 is 4.74 Å². The average molecular weight is 457 g/mol. The van der Waals surface area contributed by atoms with E-state index < -0.39 is 0 Å². The van der Waals surface area contributed by atoms with Gasteiger partial charge in [-0.25, -0.2) is 0 Å². The van der Waals surface area contributed by atoms with Gasteiger partial charge in [0.2, 0.25) is 0 Å². The summed E-state index contributed by atoms with van der Waals surface area (Å²) in [5, 5.41) is 16.7. The highest BCUT2D eigenvalue weighted by Crippen LogP contribution is 2.22. The van der Waals surface area contributed by atoms with E-state index in [-0.39, 0.29) is 24.8 Å². The molecule has 4 aromatic rings. The van der Waals surface area contributed by atoms with Crippen molar-refractivity contribution in [3.05, 3.63) is 115 Å². The second-order valence-electron chi connectivity index (χ2n) is 6.88. The lowest BCUT2D eigenvalue weighted by atomic mass is 10.1. The zero-order chi connectivity index (χ0) is 22.0. The lowest BCUT2D eigenvalue weighted by molar-refractivity contribution is -0.133. The Kier molecular flexibility index (Phi) is 8.56. The summed E-state index contributed by atoms with van der Waals surface area (Å²) in [6, 6.07) is 33.2. The van der Waals surface area contributed by atoms with E-state index in [1.807, 2.05) is 84.9 Å². The number of esters is 1. The van der Waals surface area contributed by atoms with Crippen LogP contribution in [0.2, 0.25) is 0 Å². The van der Waals surface area contributed by atoms with Gasteiger partial charge in [0.1, 0.15) is 5.75 Å². The highest BCUT2D eigenvalue weighted by atomic mass is 35.5. The van der Waals surface area contributed by atoms with E-state index in [1.54, 1.807) is 24.3 Å². The minimum atomic E-state index is -0.345. The largest absolute Gasteiger partial charge is 0.426 e. The molecule has 7 heteroatoms. The lowest BCUT2D eigenvalue weighted by Gasteiger charge is -2.05. The third-order valence-electron chi connectivity index (χ3n) is 4.43. The Bertz CT molecular complexity index is 1110. The van der Waals surface area contributed by atoms with Gasteiger partial charge in [-0.2, -0.15) is 20.5 Å². The maximum atomic E-state index is 12.3. The van der Waals surface area contributed by atoms with Crippen LogP contribution >= 0.6 is 12.4 Å². The van der Waals surface area contributed by atoms with Crippen LogP contribution in [-0.2, 0) is 11.2 Å². The molecular weight excluding hydrogens is 436 g/mol. The molecule has 0 saturated heterocycles. The summed E-state index contributed by atoms with van der Waals surface area (Å²) < 4.78 is 5.42. The van der Waals surface area contributed by atoms with Crippen LogP contribution < -0.4 is 4.74 Å². The van der Waals surface area contributed by atoms with Crippen molar-refractivity contribution < 1.29 is 9.53 Å². The van der Waals surface area contributed by atoms with Crippen molar-refractivity contribution in [3.8, 4) is 5.75 Å². The van der Waals surface area contributed by atoms with Gasteiger partial charge in [-0.1, -0.05) is 48.5 Å². The van der Waals surface area contributed by atoms with Gasteiger partial charge in [0.05, 0.1) is 29.2 Å². The summed E-state index contributed by atoms with van der Waals surface area (Å²) in [4.78, 5) is 12.3. The van der Waals surface area contributed by atoms with Crippen LogP contribution in [0.25, 0.3) is 0 Å². The Hall–Kier alpha value is -4.16. The zero-order valence-corrected chi connectivity index (χ0v) is 18.4. The normalized spacial score (nSPS) is 10.8. The molecule has 0 aliphatic rings. The number of carbonyl (C=O) groups is 1. The number of rotatable bonds is 7. The maximum absolute atomic E-state index is 12.3. The number of hydrogen-bond donors (Lipinski definition) is 0. The second kappa shape index (κ2) is 12.0. The SMILES string of the molecule is Cl.O=C(Cc1ccc(N=Nc2ccccc2)cc1)Oc1ccc(N=Nc2ccccc2)cc1. The number of hydrogen-bond acceptors (Lipinski definition) is 6. The van der Waals surface area contributed by atoms with Gasteiger partial charge in [0.25, 0.3) is 0 Å². The van der Waals surface area contributed by atoms with E-state index in [4.69, 9.17) is 4.74 Å². The van der Waals surface area contributed by atoms with Crippen LogP contribution in [-0.4, -0.2) is 5.97 Å². The fourth-order valence-electron chi connectivity index (χ4n) is 2.82. The number of benzene rings is 4. The predicted molar refractivity (Wildman–Crippen MR) is 131 cm³/mol. The Labute approximate surface area is 198 Å². The van der Waals surface area contributed by atoms with Crippen molar-refractivity contribution in [2.24, 2.45) is 20.5 Å². The van der Waals surface area contributed by atoms with Gasteiger partial charge in [0.15, 0.2) is 0 Å². The molecule has 0 N–H and O–H groups in total.